The van der Waals surface area contributed by atoms with Gasteiger partial charge in [0, 0.05) is 17.7 Å². The molecule has 0 radical (unpaired) electrons. The van der Waals surface area contributed by atoms with Crippen molar-refractivity contribution in [2.75, 3.05) is 19.7 Å². The quantitative estimate of drug-likeness (QED) is 0.843. The molecule has 4 heteroatoms. The zero-order valence-electron chi connectivity index (χ0n) is 15.9. The third-order valence-electron chi connectivity index (χ3n) is 5.27. The highest BCUT2D eigenvalue weighted by Gasteiger charge is 2.46. The van der Waals surface area contributed by atoms with E-state index in [0.717, 1.165) is 56.6 Å². The Balaban J connectivity index is 0.00000109. The molecule has 1 fully saturated rings. The molecule has 0 unspecified atom stereocenters. The van der Waals surface area contributed by atoms with E-state index in [-0.39, 0.29) is 11.4 Å². The molecule has 1 aromatic carbocycles. The van der Waals surface area contributed by atoms with Gasteiger partial charge in [-0.1, -0.05) is 44.2 Å². The number of ether oxygens (including phenoxy) is 1. The first kappa shape index (κ1) is 19.5. The van der Waals surface area contributed by atoms with E-state index < -0.39 is 0 Å². The van der Waals surface area contributed by atoms with E-state index in [1.54, 1.807) is 0 Å². The first-order chi connectivity index (χ1) is 12.1. The second-order valence-corrected chi connectivity index (χ2v) is 6.66. The Bertz CT molecular complexity index is 587. The van der Waals surface area contributed by atoms with Gasteiger partial charge in [-0.05, 0) is 51.3 Å². The summed E-state index contributed by atoms with van der Waals surface area (Å²) in [5, 5.41) is 0. The maximum absolute atomic E-state index is 12.3. The summed E-state index contributed by atoms with van der Waals surface area (Å²) in [6.07, 6.45) is 3.81. The molecule has 1 saturated heterocycles. The SMILES string of the molecule is CC.CCOC(=O)C1=C(N)CCC12CCN(Cc1ccccc1)CC2. The second-order valence-electron chi connectivity index (χ2n) is 6.66. The van der Waals surface area contributed by atoms with Crippen LogP contribution in [0.2, 0.25) is 0 Å². The van der Waals surface area contributed by atoms with Crippen LogP contribution >= 0.6 is 0 Å². The number of piperidine rings is 1. The smallest absolute Gasteiger partial charge is 0.336 e. The number of benzene rings is 1. The van der Waals surface area contributed by atoms with Crippen LogP contribution in [0.25, 0.3) is 0 Å². The van der Waals surface area contributed by atoms with Crippen molar-refractivity contribution < 1.29 is 9.53 Å². The summed E-state index contributed by atoms with van der Waals surface area (Å²) in [4.78, 5) is 14.8. The molecule has 3 rings (SSSR count). The van der Waals surface area contributed by atoms with E-state index in [1.807, 2.05) is 26.8 Å². The number of hydrogen-bond donors (Lipinski definition) is 1. The molecule has 1 spiro atoms. The number of esters is 1. The van der Waals surface area contributed by atoms with Gasteiger partial charge in [-0.15, -0.1) is 0 Å². The first-order valence-electron chi connectivity index (χ1n) is 9.57. The monoisotopic (exact) mass is 344 g/mol. The minimum atomic E-state index is -0.195. The highest BCUT2D eigenvalue weighted by atomic mass is 16.5. The lowest BCUT2D eigenvalue weighted by molar-refractivity contribution is -0.140. The molecule has 1 heterocycles. The fraction of sp³-hybridized carbons (Fsp3) is 0.571. The Hall–Kier alpha value is -1.81. The normalized spacial score (nSPS) is 19.5. The molecule has 0 bridgehead atoms. The molecule has 0 amide bonds. The molecule has 0 aromatic heterocycles. The van der Waals surface area contributed by atoms with Gasteiger partial charge in [0.05, 0.1) is 12.2 Å². The van der Waals surface area contributed by atoms with Gasteiger partial charge in [0.1, 0.15) is 0 Å². The maximum Gasteiger partial charge on any atom is 0.336 e. The number of carbonyl (C=O) groups is 1. The molecule has 2 aliphatic rings. The van der Waals surface area contributed by atoms with E-state index in [0.29, 0.717) is 6.61 Å². The van der Waals surface area contributed by atoms with Crippen LogP contribution in [0, 0.1) is 5.41 Å². The van der Waals surface area contributed by atoms with Crippen molar-refractivity contribution in [3.8, 4) is 0 Å². The van der Waals surface area contributed by atoms with Crippen LogP contribution in [0.15, 0.2) is 41.6 Å². The van der Waals surface area contributed by atoms with Gasteiger partial charge < -0.3 is 10.5 Å². The van der Waals surface area contributed by atoms with Crippen LogP contribution in [-0.2, 0) is 16.1 Å². The summed E-state index contributed by atoms with van der Waals surface area (Å²) >= 11 is 0. The van der Waals surface area contributed by atoms with E-state index in [4.69, 9.17) is 10.5 Å². The third kappa shape index (κ3) is 4.43. The zero-order chi connectivity index (χ0) is 18.3. The number of hydrogen-bond acceptors (Lipinski definition) is 4. The zero-order valence-corrected chi connectivity index (χ0v) is 15.9. The third-order valence-corrected chi connectivity index (χ3v) is 5.27. The predicted octanol–water partition coefficient (Wildman–Crippen LogP) is 3.86. The summed E-state index contributed by atoms with van der Waals surface area (Å²) in [6.45, 7) is 9.24. The number of nitrogens with zero attached hydrogens (tertiary/aromatic N) is 1. The van der Waals surface area contributed by atoms with Crippen molar-refractivity contribution in [3.63, 3.8) is 0 Å². The van der Waals surface area contributed by atoms with Gasteiger partial charge in [-0.2, -0.15) is 0 Å². The largest absolute Gasteiger partial charge is 0.463 e. The molecule has 25 heavy (non-hydrogen) atoms. The van der Waals surface area contributed by atoms with Crippen LogP contribution in [-0.4, -0.2) is 30.6 Å². The number of rotatable bonds is 4. The van der Waals surface area contributed by atoms with E-state index in [9.17, 15) is 4.79 Å². The number of nitrogens with two attached hydrogens (primary N) is 1. The van der Waals surface area contributed by atoms with Crippen molar-refractivity contribution in [2.24, 2.45) is 11.1 Å². The van der Waals surface area contributed by atoms with Crippen molar-refractivity contribution in [2.45, 2.75) is 53.0 Å². The summed E-state index contributed by atoms with van der Waals surface area (Å²) in [5.74, 6) is -0.195. The van der Waals surface area contributed by atoms with Crippen molar-refractivity contribution in [1.82, 2.24) is 4.90 Å². The Morgan fingerprint density at radius 3 is 2.40 bits per heavy atom. The van der Waals surface area contributed by atoms with Crippen LogP contribution in [0.5, 0.6) is 0 Å². The van der Waals surface area contributed by atoms with Crippen molar-refractivity contribution in [1.29, 1.82) is 0 Å². The van der Waals surface area contributed by atoms with Gasteiger partial charge in [0.2, 0.25) is 0 Å². The van der Waals surface area contributed by atoms with Gasteiger partial charge in [0.15, 0.2) is 0 Å². The molecule has 2 N–H and O–H groups in total. The average Bonchev–Trinajstić information content (AvgIpc) is 2.96. The molecule has 1 aliphatic carbocycles. The molecular weight excluding hydrogens is 312 g/mol. The van der Waals surface area contributed by atoms with E-state index in [2.05, 4.69) is 29.2 Å². The molecular formula is C21H32N2O2. The Labute approximate surface area is 152 Å². The second kappa shape index (κ2) is 9.04. The fourth-order valence-electron chi connectivity index (χ4n) is 4.00. The molecule has 138 valence electrons. The summed E-state index contributed by atoms with van der Waals surface area (Å²) in [5.41, 5.74) is 8.96. The van der Waals surface area contributed by atoms with Crippen LogP contribution in [0.3, 0.4) is 0 Å². The van der Waals surface area contributed by atoms with E-state index in [1.165, 1.54) is 5.56 Å². The minimum Gasteiger partial charge on any atom is -0.463 e. The number of carbonyl (C=O) groups excluding carboxylic acids is 1. The minimum absolute atomic E-state index is 0.0521. The lowest BCUT2D eigenvalue weighted by Crippen LogP contribution is -2.41. The van der Waals surface area contributed by atoms with Gasteiger partial charge in [-0.25, -0.2) is 4.79 Å². The Kier molecular flexibility index (Phi) is 7.06. The number of allylic oxidation sites excluding steroid dienone is 1. The number of likely N-dealkylation sites (tertiary alicyclic amines) is 1. The van der Waals surface area contributed by atoms with E-state index >= 15 is 0 Å². The molecule has 4 nitrogen and oxygen atoms in total. The highest BCUT2D eigenvalue weighted by molar-refractivity contribution is 5.91. The average molecular weight is 344 g/mol. The van der Waals surface area contributed by atoms with Gasteiger partial charge in [-0.3, -0.25) is 4.90 Å². The molecule has 1 aromatic rings. The van der Waals surface area contributed by atoms with Crippen molar-refractivity contribution >= 4 is 5.97 Å². The lowest BCUT2D eigenvalue weighted by Gasteiger charge is -2.40. The summed E-state index contributed by atoms with van der Waals surface area (Å²) < 4.78 is 5.26. The van der Waals surface area contributed by atoms with Crippen LogP contribution in [0.4, 0.5) is 0 Å². The summed E-state index contributed by atoms with van der Waals surface area (Å²) in [7, 11) is 0. The topological polar surface area (TPSA) is 55.6 Å². The fourth-order valence-corrected chi connectivity index (χ4v) is 4.00. The van der Waals surface area contributed by atoms with Crippen LogP contribution < -0.4 is 5.73 Å². The standard InChI is InChI=1S/C19H26N2O2.C2H6/c1-2-23-18(22)17-16(20)8-9-19(17)10-12-21(13-11-19)14-15-6-4-3-5-7-15;1-2/h3-7H,2,8-14,20H2,1H3;1-2H3. The summed E-state index contributed by atoms with van der Waals surface area (Å²) in [6, 6.07) is 10.6. The molecule has 1 aliphatic heterocycles. The Morgan fingerprint density at radius 1 is 1.16 bits per heavy atom. The predicted molar refractivity (Wildman–Crippen MR) is 102 cm³/mol. The van der Waals surface area contributed by atoms with Gasteiger partial charge in [0.25, 0.3) is 0 Å². The van der Waals surface area contributed by atoms with Gasteiger partial charge >= 0.3 is 5.97 Å². The molecule has 0 saturated carbocycles. The Morgan fingerprint density at radius 2 is 1.80 bits per heavy atom. The lowest BCUT2D eigenvalue weighted by atomic mass is 9.73. The molecule has 0 atom stereocenters. The highest BCUT2D eigenvalue weighted by Crippen LogP contribution is 2.49. The van der Waals surface area contributed by atoms with Crippen molar-refractivity contribution in [3.05, 3.63) is 47.2 Å². The van der Waals surface area contributed by atoms with Crippen LogP contribution in [0.1, 0.15) is 52.0 Å². The maximum atomic E-state index is 12.3. The first-order valence-corrected chi connectivity index (χ1v) is 9.57.